The van der Waals surface area contributed by atoms with E-state index in [1.54, 1.807) is 0 Å². The number of carboxylic acid groups (broad SMARTS) is 1. The van der Waals surface area contributed by atoms with E-state index in [1.807, 2.05) is 39.6 Å². The number of aromatic nitrogens is 4. The van der Waals surface area contributed by atoms with Crippen LogP contribution in [0, 0.1) is 0 Å². The Kier molecular flexibility index (Phi) is 7.36. The first kappa shape index (κ1) is 26.4. The van der Waals surface area contributed by atoms with Gasteiger partial charge in [-0.2, -0.15) is 13.8 Å². The first-order chi connectivity index (χ1) is 18.8. The lowest BCUT2D eigenvalue weighted by Crippen LogP contribution is -2.71. The topological polar surface area (TPSA) is 206 Å². The van der Waals surface area contributed by atoms with Crippen LogP contribution >= 0.6 is 23.3 Å². The van der Waals surface area contributed by atoms with Crippen molar-refractivity contribution in [3.05, 3.63) is 47.7 Å². The molecule has 1 fully saturated rings. The first-order valence-electron chi connectivity index (χ1n) is 11.7. The lowest BCUT2D eigenvalue weighted by molar-refractivity contribution is -0.662. The van der Waals surface area contributed by atoms with Crippen molar-refractivity contribution in [1.29, 1.82) is 0 Å². The largest absolute Gasteiger partial charge is 0.477 e. The summed E-state index contributed by atoms with van der Waals surface area (Å²) in [5.74, 6) is -1.34. The van der Waals surface area contributed by atoms with Crippen molar-refractivity contribution in [2.24, 2.45) is 10.9 Å². The number of nitrogens with two attached hydrogens (primary N) is 2. The fourth-order valence-electron chi connectivity index (χ4n) is 4.43. The highest BCUT2D eigenvalue weighted by Crippen LogP contribution is 2.40. The summed E-state index contributed by atoms with van der Waals surface area (Å²) < 4.78 is 7.82. The number of nitrogen functional groups attached to an aromatic ring is 1. The van der Waals surface area contributed by atoms with E-state index in [0.717, 1.165) is 23.0 Å². The third-order valence-corrected chi connectivity index (χ3v) is 7.98. The molecule has 5 heterocycles. The molecular formula is C22H25N10O5S2+. The van der Waals surface area contributed by atoms with Gasteiger partial charge in [0, 0.05) is 48.1 Å². The predicted octanol–water partition coefficient (Wildman–Crippen LogP) is -1.18. The van der Waals surface area contributed by atoms with E-state index in [4.69, 9.17) is 16.3 Å². The number of fused-ring (bicyclic) bond motifs is 2. The van der Waals surface area contributed by atoms with Gasteiger partial charge in [0.1, 0.15) is 43.2 Å². The number of hydrogen-bond donors (Lipinski definition) is 5. The summed E-state index contributed by atoms with van der Waals surface area (Å²) in [5.41, 5.74) is 12.3. The molecule has 2 atom stereocenters. The van der Waals surface area contributed by atoms with E-state index in [9.17, 15) is 19.5 Å². The molecule has 2 aliphatic rings. The molecular weight excluding hydrogens is 548 g/mol. The average molecular weight is 574 g/mol. The van der Waals surface area contributed by atoms with Gasteiger partial charge in [0.15, 0.2) is 10.9 Å². The number of hydrogen-bond acceptors (Lipinski definition) is 12. The predicted molar refractivity (Wildman–Crippen MR) is 143 cm³/mol. The highest BCUT2D eigenvalue weighted by atomic mass is 32.2. The van der Waals surface area contributed by atoms with Crippen molar-refractivity contribution in [2.45, 2.75) is 18.0 Å². The highest BCUT2D eigenvalue weighted by Gasteiger charge is 2.54. The summed E-state index contributed by atoms with van der Waals surface area (Å²) in [6.07, 6.45) is 3.72. The van der Waals surface area contributed by atoms with Crippen LogP contribution in [-0.2, 0) is 25.8 Å². The molecule has 204 valence electrons. The molecule has 2 aliphatic heterocycles. The molecule has 5 rings (SSSR count). The van der Waals surface area contributed by atoms with Gasteiger partial charge in [-0.25, -0.2) is 9.36 Å². The van der Waals surface area contributed by atoms with Crippen LogP contribution < -0.4 is 26.7 Å². The van der Waals surface area contributed by atoms with Gasteiger partial charge in [-0.15, -0.1) is 11.8 Å². The minimum Gasteiger partial charge on any atom is -0.477 e. The zero-order valence-corrected chi connectivity index (χ0v) is 22.2. The number of imidazole rings is 1. The Morgan fingerprint density at radius 2 is 2.21 bits per heavy atom. The summed E-state index contributed by atoms with van der Waals surface area (Å²) in [6, 6.07) is 4.77. The van der Waals surface area contributed by atoms with E-state index in [0.29, 0.717) is 24.4 Å². The molecule has 0 radical (unpaired) electrons. The van der Waals surface area contributed by atoms with Crippen LogP contribution in [0.5, 0.6) is 0 Å². The number of carbonyl (C=O) groups excluding carboxylic acids is 2. The van der Waals surface area contributed by atoms with Gasteiger partial charge in [0.25, 0.3) is 17.5 Å². The molecule has 0 spiro atoms. The van der Waals surface area contributed by atoms with E-state index < -0.39 is 29.2 Å². The van der Waals surface area contributed by atoms with Gasteiger partial charge in [-0.3, -0.25) is 14.5 Å². The number of thioether (sulfide) groups is 1. The Hall–Kier alpha value is -4.22. The second-order valence-corrected chi connectivity index (χ2v) is 10.4. The molecule has 3 aromatic rings. The maximum atomic E-state index is 13.1. The number of amides is 2. The maximum Gasteiger partial charge on any atom is 0.352 e. The second-order valence-electron chi connectivity index (χ2n) is 8.48. The third-order valence-electron chi connectivity index (χ3n) is 6.09. The van der Waals surface area contributed by atoms with Gasteiger partial charge < -0.3 is 32.0 Å². The molecule has 1 saturated heterocycles. The fourth-order valence-corrected chi connectivity index (χ4v) is 6.20. The third kappa shape index (κ3) is 4.86. The van der Waals surface area contributed by atoms with E-state index in [2.05, 4.69) is 25.1 Å². The van der Waals surface area contributed by atoms with Gasteiger partial charge in [-0.1, -0.05) is 5.16 Å². The van der Waals surface area contributed by atoms with Crippen LogP contribution in [0.2, 0.25) is 0 Å². The minimum atomic E-state index is -1.22. The monoisotopic (exact) mass is 573 g/mol. The number of nitrogens with one attached hydrogen (secondary N) is 2. The van der Waals surface area contributed by atoms with Crippen LogP contribution in [0.3, 0.4) is 0 Å². The molecule has 2 amide bonds. The molecule has 17 heteroatoms. The van der Waals surface area contributed by atoms with Crippen molar-refractivity contribution >= 4 is 63.4 Å². The maximum absolute atomic E-state index is 13.1. The molecule has 3 aromatic heterocycles. The van der Waals surface area contributed by atoms with Crippen molar-refractivity contribution in [3.63, 3.8) is 0 Å². The van der Waals surface area contributed by atoms with Crippen LogP contribution in [0.1, 0.15) is 5.82 Å². The average Bonchev–Trinajstić information content (AvgIpc) is 3.54. The fraction of sp³-hybridized carbons (Fsp3) is 0.318. The zero-order chi connectivity index (χ0) is 27.7. The summed E-state index contributed by atoms with van der Waals surface area (Å²) in [5, 5.41) is 19.1. The number of pyridine rings is 1. The number of carbonyl (C=O) groups is 3. The van der Waals surface area contributed by atoms with E-state index in [1.165, 1.54) is 23.8 Å². The van der Waals surface area contributed by atoms with Crippen LogP contribution in [0.25, 0.3) is 5.65 Å². The lowest BCUT2D eigenvalue weighted by Gasteiger charge is -2.49. The van der Waals surface area contributed by atoms with Gasteiger partial charge in [0.05, 0.1) is 0 Å². The van der Waals surface area contributed by atoms with Crippen LogP contribution in [-0.4, -0.2) is 84.6 Å². The Morgan fingerprint density at radius 1 is 1.38 bits per heavy atom. The molecule has 15 nitrogen and oxygen atoms in total. The van der Waals surface area contributed by atoms with Crippen molar-refractivity contribution in [1.82, 2.24) is 24.0 Å². The number of nitrogens with zero attached hydrogens (tertiary/aromatic N) is 6. The SMILES string of the molecule is CO/N=C(\C(=O)N[C@@H]1C(=O)N2C(C(=O)O)=C(C[n+]3ccn4c(NCCN)cccc43)CS[C@H]12)c1nsc(N)n1. The smallest absolute Gasteiger partial charge is 0.352 e. The number of β-lactam (4-membered cyclic amide) rings is 1. The molecule has 39 heavy (non-hydrogen) atoms. The molecule has 0 aliphatic carbocycles. The molecule has 0 bridgehead atoms. The lowest BCUT2D eigenvalue weighted by atomic mass is 10.0. The van der Waals surface area contributed by atoms with Gasteiger partial charge in [0.2, 0.25) is 11.5 Å². The van der Waals surface area contributed by atoms with Crippen molar-refractivity contribution in [3.8, 4) is 0 Å². The molecule has 0 unspecified atom stereocenters. The minimum absolute atomic E-state index is 0.0385. The molecule has 7 N–H and O–H groups in total. The highest BCUT2D eigenvalue weighted by molar-refractivity contribution is 8.00. The van der Waals surface area contributed by atoms with E-state index >= 15 is 0 Å². The Bertz CT molecular complexity index is 1520. The first-order valence-corrected chi connectivity index (χ1v) is 13.5. The normalized spacial score (nSPS) is 19.1. The van der Waals surface area contributed by atoms with Crippen LogP contribution in [0.4, 0.5) is 10.9 Å². The second kappa shape index (κ2) is 10.9. The number of carboxylic acids is 1. The van der Waals surface area contributed by atoms with Gasteiger partial charge >= 0.3 is 5.97 Å². The number of rotatable bonds is 10. The van der Waals surface area contributed by atoms with Crippen molar-refractivity contribution < 1.29 is 28.9 Å². The number of anilines is 2. The molecule has 0 saturated carbocycles. The molecule has 0 aromatic carbocycles. The number of oxime groups is 1. The quantitative estimate of drug-likeness (QED) is 0.0844. The van der Waals surface area contributed by atoms with Crippen LogP contribution in [0.15, 0.2) is 47.0 Å². The van der Waals surface area contributed by atoms with Crippen molar-refractivity contribution in [2.75, 3.05) is 37.0 Å². The Balaban J connectivity index is 1.36. The summed E-state index contributed by atoms with van der Waals surface area (Å²) in [7, 11) is 1.26. The van der Waals surface area contributed by atoms with E-state index in [-0.39, 0.29) is 28.9 Å². The number of aliphatic carboxylic acids is 1. The zero-order valence-electron chi connectivity index (χ0n) is 20.6. The van der Waals surface area contributed by atoms with Gasteiger partial charge in [-0.05, 0) is 6.07 Å². The Morgan fingerprint density at radius 3 is 2.90 bits per heavy atom. The summed E-state index contributed by atoms with van der Waals surface area (Å²) in [6.45, 7) is 1.35. The summed E-state index contributed by atoms with van der Waals surface area (Å²) in [4.78, 5) is 48.3. The Labute approximate surface area is 229 Å². The summed E-state index contributed by atoms with van der Waals surface area (Å²) >= 11 is 2.25. The standard InChI is InChI=1S/C22H24N10O5S2/c1-37-28-14(17-27-22(24)39-29-17)18(33)26-15-19(34)32-16(21(35)36)11(10-38-20(15)32)9-30-7-8-31-12(25-6-5-23)3-2-4-13(30)31/h2-4,7-8,15,20H,5-6,9-10,23H2,1H3,(H4,24,26,27,29,33,35,36)/p+1/b28-14-/t15-,20-/m1/s1.